The minimum atomic E-state index is 0.247. The first-order valence-corrected chi connectivity index (χ1v) is 7.44. The molecule has 0 aromatic heterocycles. The Bertz CT molecular complexity index is 597. The molecule has 0 spiro atoms. The van der Waals surface area contributed by atoms with E-state index in [0.29, 0.717) is 5.92 Å². The number of aryl methyl sites for hydroxylation is 1. The van der Waals surface area contributed by atoms with Gasteiger partial charge in [0.15, 0.2) is 0 Å². The number of nitrogens with two attached hydrogens (primary N) is 1. The lowest BCUT2D eigenvalue weighted by Gasteiger charge is -2.24. The van der Waals surface area contributed by atoms with Gasteiger partial charge in [-0.3, -0.25) is 11.3 Å². The van der Waals surface area contributed by atoms with Crippen molar-refractivity contribution in [1.82, 2.24) is 5.43 Å². The molecular weight excluding hydrogens is 268 g/mol. The molecule has 104 valence electrons. The van der Waals surface area contributed by atoms with Crippen LogP contribution in [0.1, 0.15) is 29.0 Å². The molecule has 0 amide bonds. The van der Waals surface area contributed by atoms with Crippen molar-refractivity contribution in [1.29, 1.82) is 0 Å². The van der Waals surface area contributed by atoms with Crippen molar-refractivity contribution in [2.75, 3.05) is 0 Å². The Morgan fingerprint density at radius 1 is 1.20 bits per heavy atom. The summed E-state index contributed by atoms with van der Waals surface area (Å²) in [5, 5.41) is 0.782. The van der Waals surface area contributed by atoms with Crippen LogP contribution in [0.25, 0.3) is 0 Å². The smallest absolute Gasteiger partial charge is 0.0408 e. The number of hydrogen-bond acceptors (Lipinski definition) is 2. The first-order chi connectivity index (χ1) is 9.78. The van der Waals surface area contributed by atoms with Gasteiger partial charge in [-0.25, -0.2) is 0 Å². The number of hydrazine groups is 1. The highest BCUT2D eigenvalue weighted by Gasteiger charge is 2.28. The summed E-state index contributed by atoms with van der Waals surface area (Å²) in [6.45, 7) is 0. The third kappa shape index (κ3) is 2.73. The van der Waals surface area contributed by atoms with Gasteiger partial charge in [-0.2, -0.15) is 0 Å². The van der Waals surface area contributed by atoms with Crippen LogP contribution in [-0.4, -0.2) is 6.04 Å². The second-order valence-corrected chi connectivity index (χ2v) is 5.89. The van der Waals surface area contributed by atoms with E-state index in [0.717, 1.165) is 24.3 Å². The zero-order valence-electron chi connectivity index (χ0n) is 11.4. The third-order valence-corrected chi connectivity index (χ3v) is 4.46. The molecule has 2 nitrogen and oxygen atoms in total. The monoisotopic (exact) mass is 286 g/mol. The van der Waals surface area contributed by atoms with Gasteiger partial charge in [0, 0.05) is 17.0 Å². The summed E-state index contributed by atoms with van der Waals surface area (Å²) in [4.78, 5) is 0. The Kier molecular flexibility index (Phi) is 4.06. The summed E-state index contributed by atoms with van der Waals surface area (Å²) in [5.74, 6) is 6.29. The van der Waals surface area contributed by atoms with Crippen molar-refractivity contribution in [3.05, 3.63) is 70.2 Å². The van der Waals surface area contributed by atoms with E-state index < -0.39 is 0 Å². The van der Waals surface area contributed by atoms with Gasteiger partial charge in [0.25, 0.3) is 0 Å². The van der Waals surface area contributed by atoms with Crippen LogP contribution in [0.2, 0.25) is 5.02 Å². The van der Waals surface area contributed by atoms with Crippen molar-refractivity contribution >= 4 is 11.6 Å². The van der Waals surface area contributed by atoms with Gasteiger partial charge in [-0.1, -0.05) is 48.0 Å². The Balaban J connectivity index is 1.81. The van der Waals surface area contributed by atoms with Crippen molar-refractivity contribution in [2.24, 2.45) is 5.84 Å². The van der Waals surface area contributed by atoms with Crippen LogP contribution < -0.4 is 11.3 Å². The number of nitrogens with one attached hydrogen (secondary N) is 1. The number of rotatable bonds is 4. The summed E-state index contributed by atoms with van der Waals surface area (Å²) < 4.78 is 0. The molecule has 2 atom stereocenters. The van der Waals surface area contributed by atoms with Crippen LogP contribution in [0.4, 0.5) is 0 Å². The summed E-state index contributed by atoms with van der Waals surface area (Å²) in [7, 11) is 0. The normalized spacial score (nSPS) is 18.8. The summed E-state index contributed by atoms with van der Waals surface area (Å²) in [6, 6.07) is 17.0. The predicted molar refractivity (Wildman–Crippen MR) is 83.8 cm³/mol. The van der Waals surface area contributed by atoms with E-state index in [4.69, 9.17) is 17.4 Å². The second kappa shape index (κ2) is 5.96. The van der Waals surface area contributed by atoms with E-state index in [2.05, 4.69) is 35.8 Å². The summed E-state index contributed by atoms with van der Waals surface area (Å²) >= 11 is 6.06. The van der Waals surface area contributed by atoms with Crippen LogP contribution in [0, 0.1) is 0 Å². The van der Waals surface area contributed by atoms with Crippen molar-refractivity contribution < 1.29 is 0 Å². The third-order valence-electron chi connectivity index (χ3n) is 4.22. The van der Waals surface area contributed by atoms with E-state index in [1.807, 2.05) is 18.2 Å². The first-order valence-electron chi connectivity index (χ1n) is 7.06. The lowest BCUT2D eigenvalue weighted by atomic mass is 9.89. The van der Waals surface area contributed by atoms with E-state index in [1.165, 1.54) is 16.7 Å². The molecule has 1 aliphatic rings. The number of fused-ring (bicyclic) bond motifs is 1. The van der Waals surface area contributed by atoms with Gasteiger partial charge in [-0.05, 0) is 48.1 Å². The Hall–Kier alpha value is -1.35. The van der Waals surface area contributed by atoms with Gasteiger partial charge >= 0.3 is 0 Å². The Morgan fingerprint density at radius 2 is 2.05 bits per heavy atom. The van der Waals surface area contributed by atoms with E-state index >= 15 is 0 Å². The maximum absolute atomic E-state index is 6.06. The van der Waals surface area contributed by atoms with Gasteiger partial charge in [0.05, 0.1) is 0 Å². The van der Waals surface area contributed by atoms with Gasteiger partial charge in [0.1, 0.15) is 0 Å². The molecule has 0 aliphatic heterocycles. The highest BCUT2D eigenvalue weighted by atomic mass is 35.5. The van der Waals surface area contributed by atoms with Gasteiger partial charge < -0.3 is 0 Å². The molecule has 20 heavy (non-hydrogen) atoms. The highest BCUT2D eigenvalue weighted by molar-refractivity contribution is 6.30. The number of halogens is 1. The molecular formula is C17H19ClN2. The van der Waals surface area contributed by atoms with Gasteiger partial charge in [-0.15, -0.1) is 0 Å². The van der Waals surface area contributed by atoms with Crippen molar-refractivity contribution in [2.45, 2.75) is 31.2 Å². The fourth-order valence-corrected chi connectivity index (χ4v) is 3.46. The maximum Gasteiger partial charge on any atom is 0.0408 e. The highest BCUT2D eigenvalue weighted by Crippen LogP contribution is 2.36. The molecule has 0 saturated carbocycles. The summed E-state index contributed by atoms with van der Waals surface area (Å²) in [6.07, 6.45) is 3.21. The quantitative estimate of drug-likeness (QED) is 0.667. The van der Waals surface area contributed by atoms with Crippen LogP contribution in [0.3, 0.4) is 0 Å². The zero-order chi connectivity index (χ0) is 13.9. The minimum absolute atomic E-state index is 0.247. The molecule has 2 unspecified atom stereocenters. The fraction of sp³-hybridized carbons (Fsp3) is 0.294. The molecule has 0 heterocycles. The fourth-order valence-electron chi connectivity index (χ4n) is 3.24. The molecule has 2 aromatic carbocycles. The molecule has 2 aromatic rings. The average Bonchev–Trinajstić information content (AvgIpc) is 2.89. The zero-order valence-corrected chi connectivity index (χ0v) is 12.1. The lowest BCUT2D eigenvalue weighted by molar-refractivity contribution is 0.434. The molecule has 0 fully saturated rings. The maximum atomic E-state index is 6.06. The molecule has 3 rings (SSSR count). The second-order valence-electron chi connectivity index (χ2n) is 5.45. The number of benzene rings is 2. The van der Waals surface area contributed by atoms with Crippen molar-refractivity contribution in [3.63, 3.8) is 0 Å². The summed E-state index contributed by atoms with van der Waals surface area (Å²) in [5.41, 5.74) is 7.14. The average molecular weight is 287 g/mol. The topological polar surface area (TPSA) is 38.0 Å². The molecule has 0 saturated heterocycles. The van der Waals surface area contributed by atoms with Crippen LogP contribution in [-0.2, 0) is 12.8 Å². The molecule has 3 N–H and O–H groups in total. The SMILES string of the molecule is NNC(Cc1cccc(Cl)c1)C1CCc2ccccc21. The minimum Gasteiger partial charge on any atom is -0.271 e. The van der Waals surface area contributed by atoms with Crippen LogP contribution >= 0.6 is 11.6 Å². The molecule has 0 bridgehead atoms. The van der Waals surface area contributed by atoms with E-state index in [-0.39, 0.29) is 6.04 Å². The first kappa shape index (κ1) is 13.6. The molecule has 0 radical (unpaired) electrons. The largest absolute Gasteiger partial charge is 0.271 e. The lowest BCUT2D eigenvalue weighted by Crippen LogP contribution is -2.40. The molecule has 1 aliphatic carbocycles. The van der Waals surface area contributed by atoms with Crippen LogP contribution in [0.5, 0.6) is 0 Å². The number of hydrogen-bond donors (Lipinski definition) is 2. The molecule has 3 heteroatoms. The standard InChI is InChI=1S/C17H19ClN2/c18-14-6-3-4-12(10-14)11-17(20-19)16-9-8-13-5-1-2-7-15(13)16/h1-7,10,16-17,20H,8-9,11,19H2. The van der Waals surface area contributed by atoms with E-state index in [9.17, 15) is 0 Å². The Labute approximate surface area is 124 Å². The Morgan fingerprint density at radius 3 is 2.85 bits per heavy atom. The predicted octanol–water partition coefficient (Wildman–Crippen LogP) is 3.44. The van der Waals surface area contributed by atoms with Crippen LogP contribution in [0.15, 0.2) is 48.5 Å². The van der Waals surface area contributed by atoms with E-state index in [1.54, 1.807) is 0 Å². The van der Waals surface area contributed by atoms with Crippen molar-refractivity contribution in [3.8, 4) is 0 Å². The van der Waals surface area contributed by atoms with Gasteiger partial charge in [0.2, 0.25) is 0 Å².